The molecule has 0 aromatic heterocycles. The van der Waals surface area contributed by atoms with Crippen LogP contribution >= 0.6 is 11.6 Å². The Bertz CT molecular complexity index is 1310. The lowest BCUT2D eigenvalue weighted by Gasteiger charge is -2.25. The molecule has 38 heavy (non-hydrogen) atoms. The van der Waals surface area contributed by atoms with Crippen molar-refractivity contribution in [1.29, 1.82) is 0 Å². The molecule has 1 aliphatic heterocycles. The summed E-state index contributed by atoms with van der Waals surface area (Å²) in [5, 5.41) is 6.35. The lowest BCUT2D eigenvalue weighted by molar-refractivity contribution is -0.126. The quantitative estimate of drug-likeness (QED) is 0.417. The molecule has 1 aliphatic rings. The van der Waals surface area contributed by atoms with E-state index in [0.29, 0.717) is 34.9 Å². The minimum Gasteiger partial charge on any atom is -0.438 e. The van der Waals surface area contributed by atoms with Crippen LogP contribution in [0, 0.1) is 6.92 Å². The smallest absolute Gasteiger partial charge is 0.411 e. The molecule has 2 N–H and O–H groups in total. The Morgan fingerprint density at radius 3 is 2.47 bits per heavy atom. The highest BCUT2D eigenvalue weighted by atomic mass is 35.5. The fraction of sp³-hybridized carbons (Fsp3) is 0.276. The van der Waals surface area contributed by atoms with E-state index < -0.39 is 18.2 Å². The monoisotopic (exact) mass is 534 g/mol. The third kappa shape index (κ3) is 6.70. The molecule has 9 heteroatoms. The van der Waals surface area contributed by atoms with Crippen molar-refractivity contribution in [2.45, 2.75) is 25.6 Å². The van der Waals surface area contributed by atoms with Crippen LogP contribution in [0.15, 0.2) is 72.8 Å². The van der Waals surface area contributed by atoms with E-state index in [9.17, 15) is 14.4 Å². The summed E-state index contributed by atoms with van der Waals surface area (Å²) in [4.78, 5) is 42.6. The van der Waals surface area contributed by atoms with Gasteiger partial charge in [0.25, 0.3) is 5.91 Å². The van der Waals surface area contributed by atoms with Crippen molar-refractivity contribution in [3.05, 3.63) is 100 Å². The average Bonchev–Trinajstić information content (AvgIpc) is 3.20. The van der Waals surface area contributed by atoms with E-state index in [1.165, 1.54) is 4.90 Å². The molecule has 8 nitrogen and oxygen atoms in total. The predicted molar refractivity (Wildman–Crippen MR) is 147 cm³/mol. The van der Waals surface area contributed by atoms with Gasteiger partial charge in [0.15, 0.2) is 12.1 Å². The van der Waals surface area contributed by atoms with E-state index in [-0.39, 0.29) is 18.4 Å². The molecule has 1 heterocycles. The summed E-state index contributed by atoms with van der Waals surface area (Å²) in [6.07, 6.45) is -1.46. The largest absolute Gasteiger partial charge is 0.438 e. The van der Waals surface area contributed by atoms with Gasteiger partial charge in [0.05, 0.1) is 6.54 Å². The number of ether oxygens (including phenoxy) is 1. The summed E-state index contributed by atoms with van der Waals surface area (Å²) in [5.41, 5.74) is 3.49. The Balaban J connectivity index is 1.59. The number of aryl methyl sites for hydroxylation is 1. The molecule has 0 radical (unpaired) electrons. The Kier molecular flexibility index (Phi) is 8.66. The van der Waals surface area contributed by atoms with Crippen LogP contribution in [-0.2, 0) is 16.1 Å². The summed E-state index contributed by atoms with van der Waals surface area (Å²) in [6.45, 7) is 3.18. The molecule has 0 aliphatic carbocycles. The second kappa shape index (κ2) is 12.1. The number of nitrogens with zero attached hydrogens (tertiary/aromatic N) is 2. The summed E-state index contributed by atoms with van der Waals surface area (Å²) in [5.74, 6) is -0.579. The normalized spacial score (nSPS) is 16.9. The summed E-state index contributed by atoms with van der Waals surface area (Å²) >= 11 is 6.15. The van der Waals surface area contributed by atoms with Crippen LogP contribution in [0.2, 0.25) is 5.02 Å². The van der Waals surface area contributed by atoms with Gasteiger partial charge in [-0.05, 0) is 68.5 Å². The van der Waals surface area contributed by atoms with Gasteiger partial charge in [0.2, 0.25) is 5.91 Å². The van der Waals surface area contributed by atoms with Crippen molar-refractivity contribution in [3.63, 3.8) is 0 Å². The highest BCUT2D eigenvalue weighted by molar-refractivity contribution is 6.30. The van der Waals surface area contributed by atoms with E-state index in [1.54, 1.807) is 54.6 Å². The van der Waals surface area contributed by atoms with E-state index in [2.05, 4.69) is 10.6 Å². The van der Waals surface area contributed by atoms with Crippen molar-refractivity contribution in [1.82, 2.24) is 15.1 Å². The number of hydrogen-bond acceptors (Lipinski definition) is 5. The number of hydrogen-bond donors (Lipinski definition) is 2. The van der Waals surface area contributed by atoms with Crippen molar-refractivity contribution >= 4 is 35.2 Å². The molecule has 0 bridgehead atoms. The third-order valence-electron chi connectivity index (χ3n) is 6.24. The number of cyclic esters (lactones) is 1. The third-order valence-corrected chi connectivity index (χ3v) is 6.48. The van der Waals surface area contributed by atoms with Crippen LogP contribution in [-0.4, -0.2) is 60.9 Å². The second-order valence-corrected chi connectivity index (χ2v) is 9.98. The summed E-state index contributed by atoms with van der Waals surface area (Å²) in [7, 11) is 3.83. The highest BCUT2D eigenvalue weighted by Crippen LogP contribution is 2.35. The van der Waals surface area contributed by atoms with Gasteiger partial charge in [0.1, 0.15) is 0 Å². The molecule has 3 amide bonds. The Morgan fingerprint density at radius 2 is 1.76 bits per heavy atom. The number of halogens is 1. The standard InChI is InChI=1S/C29H31ClN4O4/c1-19-10-12-21(13-11-19)27(35)32-24-9-5-7-22(17-24)26-25(28(36)31-14-15-33(2)3)34(29(37)38-26)18-20-6-4-8-23(30)16-20/h4-13,16-17,25-26H,14-15,18H2,1-3H3,(H,31,36)(H,32,35). The first-order chi connectivity index (χ1) is 18.2. The van der Waals surface area contributed by atoms with Gasteiger partial charge in [-0.15, -0.1) is 0 Å². The highest BCUT2D eigenvalue weighted by Gasteiger charge is 2.47. The number of carbonyl (C=O) groups is 3. The molecular weight excluding hydrogens is 504 g/mol. The molecule has 198 valence electrons. The van der Waals surface area contributed by atoms with Crippen LogP contribution in [0.25, 0.3) is 0 Å². The molecule has 2 atom stereocenters. The van der Waals surface area contributed by atoms with Gasteiger partial charge in [-0.2, -0.15) is 0 Å². The first-order valence-corrected chi connectivity index (χ1v) is 12.7. The van der Waals surface area contributed by atoms with Gasteiger partial charge in [-0.3, -0.25) is 14.5 Å². The number of amides is 3. The maximum absolute atomic E-state index is 13.4. The average molecular weight is 535 g/mol. The number of likely N-dealkylation sites (N-methyl/N-ethyl adjacent to an activating group) is 1. The molecule has 1 fully saturated rings. The minimum atomic E-state index is -0.910. The van der Waals surface area contributed by atoms with Gasteiger partial charge >= 0.3 is 6.09 Å². The lowest BCUT2D eigenvalue weighted by atomic mass is 10.00. The summed E-state index contributed by atoms with van der Waals surface area (Å²) in [6, 6.07) is 20.5. The van der Waals surface area contributed by atoms with Crippen LogP contribution in [0.1, 0.15) is 33.2 Å². The zero-order valence-electron chi connectivity index (χ0n) is 21.6. The van der Waals surface area contributed by atoms with Crippen LogP contribution in [0.4, 0.5) is 10.5 Å². The van der Waals surface area contributed by atoms with Gasteiger partial charge in [0, 0.05) is 29.4 Å². The SMILES string of the molecule is Cc1ccc(C(=O)Nc2cccc(C3OC(=O)N(Cc4cccc(Cl)c4)C3C(=O)NCCN(C)C)c2)cc1. The lowest BCUT2D eigenvalue weighted by Crippen LogP contribution is -2.47. The summed E-state index contributed by atoms with van der Waals surface area (Å²) < 4.78 is 5.75. The van der Waals surface area contributed by atoms with Crippen LogP contribution < -0.4 is 10.6 Å². The molecule has 1 saturated heterocycles. The fourth-order valence-corrected chi connectivity index (χ4v) is 4.46. The van der Waals surface area contributed by atoms with Crippen molar-refractivity contribution in [2.75, 3.05) is 32.5 Å². The number of nitrogens with one attached hydrogen (secondary N) is 2. The number of benzene rings is 3. The van der Waals surface area contributed by atoms with E-state index in [4.69, 9.17) is 16.3 Å². The Morgan fingerprint density at radius 1 is 1.03 bits per heavy atom. The van der Waals surface area contributed by atoms with Gasteiger partial charge in [-0.1, -0.05) is 53.6 Å². The number of rotatable bonds is 9. The van der Waals surface area contributed by atoms with Crippen molar-refractivity contribution < 1.29 is 19.1 Å². The van der Waals surface area contributed by atoms with Crippen molar-refractivity contribution in [2.24, 2.45) is 0 Å². The Hall–Kier alpha value is -3.88. The molecule has 0 saturated carbocycles. The van der Waals surface area contributed by atoms with Crippen molar-refractivity contribution in [3.8, 4) is 0 Å². The van der Waals surface area contributed by atoms with E-state index >= 15 is 0 Å². The number of anilines is 1. The topological polar surface area (TPSA) is 91.0 Å². The molecular formula is C29H31ClN4O4. The minimum absolute atomic E-state index is 0.158. The molecule has 3 aromatic carbocycles. The van der Waals surface area contributed by atoms with Gasteiger partial charge < -0.3 is 20.3 Å². The van der Waals surface area contributed by atoms with E-state index in [1.807, 2.05) is 44.1 Å². The molecule has 4 rings (SSSR count). The maximum atomic E-state index is 13.4. The Labute approximate surface area is 227 Å². The first kappa shape index (κ1) is 27.2. The molecule has 0 spiro atoms. The van der Waals surface area contributed by atoms with Crippen LogP contribution in [0.3, 0.4) is 0 Å². The van der Waals surface area contributed by atoms with E-state index in [0.717, 1.165) is 11.1 Å². The second-order valence-electron chi connectivity index (χ2n) is 9.55. The zero-order chi connectivity index (χ0) is 27.2. The fourth-order valence-electron chi connectivity index (χ4n) is 4.25. The zero-order valence-corrected chi connectivity index (χ0v) is 22.4. The predicted octanol–water partition coefficient (Wildman–Crippen LogP) is 4.64. The molecule has 3 aromatic rings. The van der Waals surface area contributed by atoms with Crippen LogP contribution in [0.5, 0.6) is 0 Å². The first-order valence-electron chi connectivity index (χ1n) is 12.3. The maximum Gasteiger partial charge on any atom is 0.411 e. The number of carbonyl (C=O) groups excluding carboxylic acids is 3. The van der Waals surface area contributed by atoms with Gasteiger partial charge in [-0.25, -0.2) is 4.79 Å². The molecule has 2 unspecified atom stereocenters.